The molecule has 5 aromatic rings. The molecular weight excluding hydrogens is 454 g/mol. The Morgan fingerprint density at radius 3 is 2.22 bits per heavy atom. The molecule has 32 heavy (non-hydrogen) atoms. The quantitative estimate of drug-likeness (QED) is 0.249. The van der Waals surface area contributed by atoms with Crippen molar-refractivity contribution in [2.24, 2.45) is 0 Å². The first-order chi connectivity index (χ1) is 15.5. The maximum atomic E-state index is 5.07. The number of aromatic nitrogens is 1. The van der Waals surface area contributed by atoms with Gasteiger partial charge >= 0.3 is 0 Å². The van der Waals surface area contributed by atoms with E-state index < -0.39 is 0 Å². The summed E-state index contributed by atoms with van der Waals surface area (Å²) in [5.41, 5.74) is 11.0. The molecule has 1 aliphatic rings. The highest BCUT2D eigenvalue weighted by atomic mass is 79.9. The van der Waals surface area contributed by atoms with Crippen molar-refractivity contribution in [3.63, 3.8) is 0 Å². The zero-order chi connectivity index (χ0) is 21.9. The van der Waals surface area contributed by atoms with Gasteiger partial charge in [-0.25, -0.2) is 4.98 Å². The van der Waals surface area contributed by atoms with E-state index in [0.717, 1.165) is 26.6 Å². The summed E-state index contributed by atoms with van der Waals surface area (Å²) in [6.07, 6.45) is 0. The molecule has 1 nitrogen and oxygen atoms in total. The standard InChI is InChI=1S/C30H22BrN/c1-30(2)26-11-7-6-10-22(26)23-14-12-20(16-27(23)30)29-18-24(19-8-4-3-5-9-19)25-17-21(31)13-15-28(25)32-29/h3-18H,1-2H3. The van der Waals surface area contributed by atoms with Crippen LogP contribution in [0, 0.1) is 0 Å². The van der Waals surface area contributed by atoms with E-state index >= 15 is 0 Å². The minimum absolute atomic E-state index is 0.0219. The predicted octanol–water partition coefficient (Wildman–Crippen LogP) is 8.64. The molecule has 1 heterocycles. The minimum atomic E-state index is -0.0219. The zero-order valence-corrected chi connectivity index (χ0v) is 19.6. The summed E-state index contributed by atoms with van der Waals surface area (Å²) in [6.45, 7) is 4.64. The number of benzene rings is 4. The Morgan fingerprint density at radius 2 is 1.38 bits per heavy atom. The van der Waals surface area contributed by atoms with Gasteiger partial charge in [-0.2, -0.15) is 0 Å². The van der Waals surface area contributed by atoms with Gasteiger partial charge in [-0.15, -0.1) is 0 Å². The first-order valence-corrected chi connectivity index (χ1v) is 11.7. The Bertz CT molecular complexity index is 1500. The van der Waals surface area contributed by atoms with Crippen LogP contribution in [0.4, 0.5) is 0 Å². The van der Waals surface area contributed by atoms with Gasteiger partial charge in [-0.3, -0.25) is 0 Å². The molecule has 0 radical (unpaired) electrons. The average Bonchev–Trinajstić information content (AvgIpc) is 3.06. The van der Waals surface area contributed by atoms with Crippen molar-refractivity contribution < 1.29 is 0 Å². The molecule has 6 rings (SSSR count). The molecule has 0 saturated heterocycles. The number of halogens is 1. The van der Waals surface area contributed by atoms with Crippen LogP contribution in [-0.2, 0) is 5.41 Å². The molecule has 0 aliphatic heterocycles. The summed E-state index contributed by atoms with van der Waals surface area (Å²) in [6, 6.07) is 34.8. The van der Waals surface area contributed by atoms with Crippen molar-refractivity contribution in [1.82, 2.24) is 4.98 Å². The van der Waals surface area contributed by atoms with Crippen molar-refractivity contribution in [2.75, 3.05) is 0 Å². The van der Waals surface area contributed by atoms with Gasteiger partial charge in [0.05, 0.1) is 11.2 Å². The van der Waals surface area contributed by atoms with E-state index in [1.807, 2.05) is 0 Å². The summed E-state index contributed by atoms with van der Waals surface area (Å²) >= 11 is 3.64. The molecule has 0 bridgehead atoms. The third-order valence-corrected chi connectivity index (χ3v) is 7.23. The molecule has 4 aromatic carbocycles. The third-order valence-electron chi connectivity index (χ3n) is 6.73. The van der Waals surface area contributed by atoms with Crippen LogP contribution in [0.5, 0.6) is 0 Å². The molecule has 2 heteroatoms. The second-order valence-electron chi connectivity index (χ2n) is 9.01. The lowest BCUT2D eigenvalue weighted by Gasteiger charge is -2.22. The second-order valence-corrected chi connectivity index (χ2v) is 9.93. The van der Waals surface area contributed by atoms with Gasteiger partial charge in [0.25, 0.3) is 0 Å². The van der Waals surface area contributed by atoms with E-state index in [1.54, 1.807) is 0 Å². The molecule has 0 fully saturated rings. The molecule has 1 aromatic heterocycles. The van der Waals surface area contributed by atoms with Crippen LogP contribution in [0.2, 0.25) is 0 Å². The number of rotatable bonds is 2. The topological polar surface area (TPSA) is 12.9 Å². The second kappa shape index (κ2) is 7.15. The lowest BCUT2D eigenvalue weighted by Crippen LogP contribution is -2.14. The largest absolute Gasteiger partial charge is 0.248 e. The zero-order valence-electron chi connectivity index (χ0n) is 18.1. The van der Waals surface area contributed by atoms with E-state index in [0.29, 0.717) is 0 Å². The summed E-state index contributed by atoms with van der Waals surface area (Å²) < 4.78 is 1.06. The molecule has 0 saturated carbocycles. The molecular formula is C30H22BrN. The SMILES string of the molecule is CC1(C)c2ccccc2-c2ccc(-c3cc(-c4ccccc4)c4cc(Br)ccc4n3)cc21. The maximum Gasteiger partial charge on any atom is 0.0716 e. The Labute approximate surface area is 196 Å². The van der Waals surface area contributed by atoms with Crippen molar-refractivity contribution in [2.45, 2.75) is 19.3 Å². The summed E-state index contributed by atoms with van der Waals surface area (Å²) in [4.78, 5) is 5.07. The lowest BCUT2D eigenvalue weighted by molar-refractivity contribution is 0.660. The maximum absolute atomic E-state index is 5.07. The third kappa shape index (κ3) is 2.94. The molecule has 154 valence electrons. The van der Waals surface area contributed by atoms with Crippen LogP contribution in [0.15, 0.2) is 102 Å². The van der Waals surface area contributed by atoms with Crippen LogP contribution in [0.25, 0.3) is 44.4 Å². The van der Waals surface area contributed by atoms with Gasteiger partial charge < -0.3 is 0 Å². The van der Waals surface area contributed by atoms with Gasteiger partial charge in [0.2, 0.25) is 0 Å². The summed E-state index contributed by atoms with van der Waals surface area (Å²) in [7, 11) is 0. The summed E-state index contributed by atoms with van der Waals surface area (Å²) in [5, 5.41) is 1.16. The fourth-order valence-electron chi connectivity index (χ4n) is 5.07. The first kappa shape index (κ1) is 19.5. The molecule has 0 spiro atoms. The molecule has 0 unspecified atom stereocenters. The summed E-state index contributed by atoms with van der Waals surface area (Å²) in [5.74, 6) is 0. The van der Waals surface area contributed by atoms with Gasteiger partial charge in [0.1, 0.15) is 0 Å². The number of hydrogen-bond donors (Lipinski definition) is 0. The fourth-order valence-corrected chi connectivity index (χ4v) is 5.43. The normalized spacial score (nSPS) is 13.7. The van der Waals surface area contributed by atoms with E-state index in [-0.39, 0.29) is 5.41 Å². The van der Waals surface area contributed by atoms with Crippen molar-refractivity contribution >= 4 is 26.8 Å². The minimum Gasteiger partial charge on any atom is -0.248 e. The number of fused-ring (bicyclic) bond motifs is 4. The van der Waals surface area contributed by atoms with Gasteiger partial charge in [0, 0.05) is 20.8 Å². The van der Waals surface area contributed by atoms with Gasteiger partial charge in [-0.05, 0) is 63.7 Å². The highest BCUT2D eigenvalue weighted by Gasteiger charge is 2.35. The molecule has 0 N–H and O–H groups in total. The molecule has 0 atom stereocenters. The van der Waals surface area contributed by atoms with E-state index in [2.05, 4.69) is 127 Å². The molecule has 0 amide bonds. The van der Waals surface area contributed by atoms with Gasteiger partial charge in [-0.1, -0.05) is 96.5 Å². The highest BCUT2D eigenvalue weighted by Crippen LogP contribution is 2.49. The van der Waals surface area contributed by atoms with E-state index in [4.69, 9.17) is 4.98 Å². The first-order valence-electron chi connectivity index (χ1n) is 10.9. The average molecular weight is 476 g/mol. The smallest absolute Gasteiger partial charge is 0.0716 e. The highest BCUT2D eigenvalue weighted by molar-refractivity contribution is 9.10. The Morgan fingerprint density at radius 1 is 0.625 bits per heavy atom. The number of pyridine rings is 1. The van der Waals surface area contributed by atoms with Gasteiger partial charge in [0.15, 0.2) is 0 Å². The van der Waals surface area contributed by atoms with Crippen LogP contribution in [0.3, 0.4) is 0 Å². The van der Waals surface area contributed by atoms with Crippen molar-refractivity contribution in [3.05, 3.63) is 113 Å². The number of hydrogen-bond acceptors (Lipinski definition) is 1. The van der Waals surface area contributed by atoms with Crippen LogP contribution in [-0.4, -0.2) is 4.98 Å². The van der Waals surface area contributed by atoms with Crippen LogP contribution >= 0.6 is 15.9 Å². The Hall–Kier alpha value is -3.23. The van der Waals surface area contributed by atoms with Crippen LogP contribution in [0.1, 0.15) is 25.0 Å². The van der Waals surface area contributed by atoms with Crippen molar-refractivity contribution in [3.8, 4) is 33.5 Å². The monoisotopic (exact) mass is 475 g/mol. The lowest BCUT2D eigenvalue weighted by atomic mass is 9.82. The molecule has 1 aliphatic carbocycles. The number of nitrogens with zero attached hydrogens (tertiary/aromatic N) is 1. The fraction of sp³-hybridized carbons (Fsp3) is 0.100. The predicted molar refractivity (Wildman–Crippen MR) is 138 cm³/mol. The Kier molecular flexibility index (Phi) is 4.34. The van der Waals surface area contributed by atoms with E-state index in [9.17, 15) is 0 Å². The van der Waals surface area contributed by atoms with Crippen LogP contribution < -0.4 is 0 Å². The van der Waals surface area contributed by atoms with E-state index in [1.165, 1.54) is 33.4 Å². The van der Waals surface area contributed by atoms with Crippen molar-refractivity contribution in [1.29, 1.82) is 0 Å². The Balaban J connectivity index is 1.58.